The number of hydrogen-bond donors (Lipinski definition) is 1. The highest BCUT2D eigenvalue weighted by Gasteiger charge is 2.17. The van der Waals surface area contributed by atoms with Crippen molar-refractivity contribution in [2.75, 3.05) is 12.4 Å². The van der Waals surface area contributed by atoms with Gasteiger partial charge in [-0.25, -0.2) is 19.1 Å². The maximum absolute atomic E-state index is 12.8. The van der Waals surface area contributed by atoms with E-state index < -0.39 is 23.1 Å². The number of aromatic nitrogens is 3. The molecule has 0 saturated carbocycles. The second kappa shape index (κ2) is 8.54. The number of esters is 1. The highest BCUT2D eigenvalue weighted by atomic mass is 16.5. The van der Waals surface area contributed by atoms with Crippen molar-refractivity contribution in [3.63, 3.8) is 0 Å². The Labute approximate surface area is 187 Å². The van der Waals surface area contributed by atoms with Gasteiger partial charge >= 0.3 is 11.7 Å². The zero-order chi connectivity index (χ0) is 23.7. The number of amides is 1. The van der Waals surface area contributed by atoms with Gasteiger partial charge in [0.1, 0.15) is 0 Å². The molecule has 1 amide bonds. The van der Waals surface area contributed by atoms with E-state index in [0.717, 1.165) is 10.1 Å². The summed E-state index contributed by atoms with van der Waals surface area (Å²) in [7, 11) is 2.66. The van der Waals surface area contributed by atoms with Gasteiger partial charge < -0.3 is 10.1 Å². The number of anilines is 1. The molecule has 1 N–H and O–H groups in total. The van der Waals surface area contributed by atoms with Gasteiger partial charge in [0.05, 0.1) is 29.3 Å². The van der Waals surface area contributed by atoms with E-state index in [9.17, 15) is 19.2 Å². The second-order valence-corrected chi connectivity index (χ2v) is 7.44. The fraction of sp³-hybridized carbons (Fsp3) is 0.125. The zero-order valence-corrected chi connectivity index (χ0v) is 18.2. The Kier molecular flexibility index (Phi) is 5.61. The smallest absolute Gasteiger partial charge is 0.337 e. The molecule has 0 aliphatic heterocycles. The number of carbonyl (C=O) groups is 2. The SMILES string of the molecule is COC(=O)c1ccc(NC(=O)c2cnc3c(c2)c(=O)n(C)c(=O)n3-c2ccc(C)cc2)cc1. The lowest BCUT2D eigenvalue weighted by Crippen LogP contribution is -2.38. The van der Waals surface area contributed by atoms with Crippen LogP contribution in [0.1, 0.15) is 26.3 Å². The van der Waals surface area contributed by atoms with Crippen LogP contribution in [0.15, 0.2) is 70.4 Å². The van der Waals surface area contributed by atoms with Gasteiger partial charge in [-0.05, 0) is 49.4 Å². The first-order valence-corrected chi connectivity index (χ1v) is 9.98. The van der Waals surface area contributed by atoms with Crippen molar-refractivity contribution in [3.05, 3.63) is 98.3 Å². The van der Waals surface area contributed by atoms with Gasteiger partial charge in [-0.3, -0.25) is 14.2 Å². The van der Waals surface area contributed by atoms with Crippen LogP contribution in [0.4, 0.5) is 5.69 Å². The van der Waals surface area contributed by atoms with Gasteiger partial charge in [-0.15, -0.1) is 0 Å². The number of aryl methyl sites for hydroxylation is 1. The number of fused-ring (bicyclic) bond motifs is 1. The third-order valence-corrected chi connectivity index (χ3v) is 5.21. The molecule has 0 aliphatic carbocycles. The summed E-state index contributed by atoms with van der Waals surface area (Å²) in [6.07, 6.45) is 1.31. The molecule has 4 aromatic rings. The molecule has 0 radical (unpaired) electrons. The van der Waals surface area contributed by atoms with Crippen molar-refractivity contribution in [1.82, 2.24) is 14.1 Å². The van der Waals surface area contributed by atoms with Crippen LogP contribution in [0.3, 0.4) is 0 Å². The minimum absolute atomic E-state index is 0.131. The summed E-state index contributed by atoms with van der Waals surface area (Å²) in [5.74, 6) is -0.979. The monoisotopic (exact) mass is 444 g/mol. The standard InChI is InChI=1S/C24H20N4O5/c1-14-4-10-18(11-5-14)28-20-19(22(30)27(2)24(28)32)12-16(13-25-20)21(29)26-17-8-6-15(7-9-17)23(31)33-3/h4-13H,1-3H3,(H,26,29). The van der Waals surface area contributed by atoms with Crippen LogP contribution in [-0.4, -0.2) is 33.1 Å². The van der Waals surface area contributed by atoms with Crippen molar-refractivity contribution in [1.29, 1.82) is 0 Å². The largest absolute Gasteiger partial charge is 0.465 e. The van der Waals surface area contributed by atoms with Gasteiger partial charge in [0, 0.05) is 18.9 Å². The Bertz CT molecular complexity index is 1500. The number of nitrogens with zero attached hydrogens (tertiary/aromatic N) is 3. The number of pyridine rings is 1. The molecule has 4 rings (SSSR count). The number of ether oxygens (including phenoxy) is 1. The Morgan fingerprint density at radius 2 is 1.64 bits per heavy atom. The minimum Gasteiger partial charge on any atom is -0.465 e. The summed E-state index contributed by atoms with van der Waals surface area (Å²) in [5.41, 5.74) is 1.59. The van der Waals surface area contributed by atoms with E-state index in [2.05, 4.69) is 15.0 Å². The fourth-order valence-corrected chi connectivity index (χ4v) is 3.36. The topological polar surface area (TPSA) is 112 Å². The lowest BCUT2D eigenvalue weighted by atomic mass is 10.2. The van der Waals surface area contributed by atoms with Crippen LogP contribution < -0.4 is 16.6 Å². The molecular weight excluding hydrogens is 424 g/mol. The molecule has 9 heteroatoms. The molecule has 0 saturated heterocycles. The number of hydrogen-bond acceptors (Lipinski definition) is 6. The van der Waals surface area contributed by atoms with E-state index in [-0.39, 0.29) is 16.6 Å². The van der Waals surface area contributed by atoms with E-state index in [1.165, 1.54) is 43.1 Å². The van der Waals surface area contributed by atoms with Crippen molar-refractivity contribution in [3.8, 4) is 5.69 Å². The molecule has 9 nitrogen and oxygen atoms in total. The Hall–Kier alpha value is -4.53. The predicted octanol–water partition coefficient (Wildman–Crippen LogP) is 2.43. The minimum atomic E-state index is -0.553. The Morgan fingerprint density at radius 3 is 2.27 bits per heavy atom. The van der Waals surface area contributed by atoms with E-state index in [1.54, 1.807) is 24.3 Å². The highest BCUT2D eigenvalue weighted by Crippen LogP contribution is 2.16. The summed E-state index contributed by atoms with van der Waals surface area (Å²) in [4.78, 5) is 54.2. The fourth-order valence-electron chi connectivity index (χ4n) is 3.36. The maximum atomic E-state index is 12.8. The van der Waals surface area contributed by atoms with Gasteiger partial charge in [-0.1, -0.05) is 17.7 Å². The number of methoxy groups -OCH3 is 1. The molecule has 0 unspecified atom stereocenters. The maximum Gasteiger partial charge on any atom is 0.337 e. The molecular formula is C24H20N4O5. The molecule has 33 heavy (non-hydrogen) atoms. The third-order valence-electron chi connectivity index (χ3n) is 5.21. The zero-order valence-electron chi connectivity index (χ0n) is 18.2. The molecule has 0 fully saturated rings. The van der Waals surface area contributed by atoms with Gasteiger partial charge in [-0.2, -0.15) is 0 Å². The normalized spacial score (nSPS) is 10.8. The van der Waals surface area contributed by atoms with E-state index in [1.807, 2.05) is 19.1 Å². The first kappa shape index (κ1) is 21.7. The molecule has 2 aromatic heterocycles. The van der Waals surface area contributed by atoms with Crippen LogP contribution in [0.25, 0.3) is 16.7 Å². The number of rotatable bonds is 4. The molecule has 2 aromatic carbocycles. The summed E-state index contributed by atoms with van der Waals surface area (Å²) >= 11 is 0. The third kappa shape index (κ3) is 4.03. The first-order chi connectivity index (χ1) is 15.8. The summed E-state index contributed by atoms with van der Waals surface area (Å²) in [6.45, 7) is 1.93. The molecule has 0 aliphatic rings. The lowest BCUT2D eigenvalue weighted by molar-refractivity contribution is 0.0600. The molecule has 0 bridgehead atoms. The van der Waals surface area contributed by atoms with E-state index >= 15 is 0 Å². The van der Waals surface area contributed by atoms with Crippen LogP contribution in [-0.2, 0) is 11.8 Å². The molecule has 166 valence electrons. The number of benzene rings is 2. The predicted molar refractivity (Wildman–Crippen MR) is 123 cm³/mol. The molecule has 0 spiro atoms. The highest BCUT2D eigenvalue weighted by molar-refractivity contribution is 6.05. The van der Waals surface area contributed by atoms with E-state index in [4.69, 9.17) is 0 Å². The Morgan fingerprint density at radius 1 is 0.970 bits per heavy atom. The quantitative estimate of drug-likeness (QED) is 0.484. The van der Waals surface area contributed by atoms with E-state index in [0.29, 0.717) is 16.9 Å². The lowest BCUT2D eigenvalue weighted by Gasteiger charge is -2.12. The number of carbonyl (C=O) groups excluding carboxylic acids is 2. The number of nitrogens with one attached hydrogen (secondary N) is 1. The first-order valence-electron chi connectivity index (χ1n) is 9.98. The average Bonchev–Trinajstić information content (AvgIpc) is 2.83. The van der Waals surface area contributed by atoms with Crippen molar-refractivity contribution < 1.29 is 14.3 Å². The average molecular weight is 444 g/mol. The van der Waals surface area contributed by atoms with Gasteiger partial charge in [0.2, 0.25) is 0 Å². The Balaban J connectivity index is 1.74. The second-order valence-electron chi connectivity index (χ2n) is 7.44. The van der Waals surface area contributed by atoms with Crippen molar-refractivity contribution >= 4 is 28.6 Å². The van der Waals surface area contributed by atoms with Crippen LogP contribution in [0, 0.1) is 6.92 Å². The van der Waals surface area contributed by atoms with Crippen LogP contribution in [0.5, 0.6) is 0 Å². The van der Waals surface area contributed by atoms with Crippen molar-refractivity contribution in [2.45, 2.75) is 6.92 Å². The van der Waals surface area contributed by atoms with Crippen LogP contribution in [0.2, 0.25) is 0 Å². The van der Waals surface area contributed by atoms with Crippen LogP contribution >= 0.6 is 0 Å². The van der Waals surface area contributed by atoms with Crippen molar-refractivity contribution in [2.24, 2.45) is 7.05 Å². The summed E-state index contributed by atoms with van der Waals surface area (Å²) < 4.78 is 6.97. The summed E-state index contributed by atoms with van der Waals surface area (Å²) in [6, 6.07) is 14.8. The van der Waals surface area contributed by atoms with Gasteiger partial charge in [0.15, 0.2) is 5.65 Å². The molecule has 0 atom stereocenters. The molecule has 2 heterocycles. The summed E-state index contributed by atoms with van der Waals surface area (Å²) in [5, 5.41) is 2.83. The van der Waals surface area contributed by atoms with Gasteiger partial charge in [0.25, 0.3) is 11.5 Å².